The van der Waals surface area contributed by atoms with Crippen molar-refractivity contribution < 1.29 is 13.2 Å². The third-order valence-corrected chi connectivity index (χ3v) is 5.27. The van der Waals surface area contributed by atoms with Gasteiger partial charge in [0.2, 0.25) is 15.9 Å². The van der Waals surface area contributed by atoms with E-state index in [9.17, 15) is 13.2 Å². The van der Waals surface area contributed by atoms with Gasteiger partial charge in [0.1, 0.15) is 6.04 Å². The molecule has 112 valence electrons. The van der Waals surface area contributed by atoms with E-state index in [1.165, 1.54) is 10.4 Å². The molecule has 7 heteroatoms. The summed E-state index contributed by atoms with van der Waals surface area (Å²) < 4.78 is 26.8. The molecule has 0 aliphatic carbocycles. The third kappa shape index (κ3) is 3.08. The van der Waals surface area contributed by atoms with Gasteiger partial charge in [-0.3, -0.25) is 4.79 Å². The lowest BCUT2D eigenvalue weighted by Gasteiger charge is -2.32. The molecule has 1 unspecified atom stereocenters. The van der Waals surface area contributed by atoms with E-state index < -0.39 is 16.1 Å². The molecule has 21 heavy (non-hydrogen) atoms. The van der Waals surface area contributed by atoms with Crippen molar-refractivity contribution in [3.63, 3.8) is 0 Å². The van der Waals surface area contributed by atoms with E-state index in [1.54, 1.807) is 25.1 Å². The zero-order chi connectivity index (χ0) is 15.5. The monoisotopic (exact) mass is 307 g/mol. The Morgan fingerprint density at radius 1 is 1.43 bits per heavy atom. The Balaban J connectivity index is 2.47. The first kappa shape index (κ1) is 15.5. The van der Waals surface area contributed by atoms with Crippen LogP contribution in [0.4, 0.5) is 0 Å². The molecule has 0 spiro atoms. The second kappa shape index (κ2) is 6.26. The second-order valence-corrected chi connectivity index (χ2v) is 6.44. The Morgan fingerprint density at radius 3 is 2.86 bits per heavy atom. The van der Waals surface area contributed by atoms with Crippen LogP contribution in [-0.4, -0.2) is 44.3 Å². The van der Waals surface area contributed by atoms with Gasteiger partial charge in [-0.25, -0.2) is 8.42 Å². The van der Waals surface area contributed by atoms with Gasteiger partial charge in [-0.15, -0.1) is 0 Å². The number of nitrogens with one attached hydrogen (secondary N) is 1. The largest absolute Gasteiger partial charge is 0.353 e. The van der Waals surface area contributed by atoms with E-state index in [-0.39, 0.29) is 23.9 Å². The van der Waals surface area contributed by atoms with Crippen molar-refractivity contribution in [3.05, 3.63) is 29.8 Å². The molecule has 1 aromatic rings. The summed E-state index contributed by atoms with van der Waals surface area (Å²) in [5.41, 5.74) is 5.72. The number of rotatable bonds is 2. The van der Waals surface area contributed by atoms with Gasteiger partial charge in [-0.05, 0) is 19.1 Å². The summed E-state index contributed by atoms with van der Waals surface area (Å²) in [5, 5.41) is 2.64. The molecule has 2 rings (SSSR count). The molecule has 1 aliphatic heterocycles. The molecule has 0 saturated carbocycles. The van der Waals surface area contributed by atoms with Gasteiger partial charge in [-0.2, -0.15) is 4.31 Å². The summed E-state index contributed by atoms with van der Waals surface area (Å²) in [5.74, 6) is 5.12. The van der Waals surface area contributed by atoms with Crippen LogP contribution in [0.25, 0.3) is 0 Å². The van der Waals surface area contributed by atoms with Crippen LogP contribution in [0.1, 0.15) is 12.5 Å². The molecule has 1 aliphatic rings. The summed E-state index contributed by atoms with van der Waals surface area (Å²) in [7, 11) is -3.78. The molecule has 1 aromatic carbocycles. The van der Waals surface area contributed by atoms with Crippen molar-refractivity contribution in [2.24, 2.45) is 5.73 Å². The fourth-order valence-corrected chi connectivity index (χ4v) is 3.90. The van der Waals surface area contributed by atoms with Crippen molar-refractivity contribution >= 4 is 15.9 Å². The first-order valence-corrected chi connectivity index (χ1v) is 8.00. The predicted molar refractivity (Wildman–Crippen MR) is 78.7 cm³/mol. The minimum atomic E-state index is -3.78. The predicted octanol–water partition coefficient (Wildman–Crippen LogP) is -0.494. The van der Waals surface area contributed by atoms with Crippen molar-refractivity contribution in [2.45, 2.75) is 17.9 Å². The SMILES string of the molecule is CC1C(=O)NCCN1S(=O)(=O)c1ccccc1C#CCN. The Labute approximate surface area is 124 Å². The third-order valence-electron chi connectivity index (χ3n) is 3.24. The molecular formula is C14H17N3O3S. The number of carbonyl (C=O) groups excluding carboxylic acids is 1. The molecule has 0 aromatic heterocycles. The smallest absolute Gasteiger partial charge is 0.245 e. The lowest BCUT2D eigenvalue weighted by Crippen LogP contribution is -2.55. The minimum Gasteiger partial charge on any atom is -0.353 e. The van der Waals surface area contributed by atoms with E-state index >= 15 is 0 Å². The van der Waals surface area contributed by atoms with Crippen molar-refractivity contribution in [1.29, 1.82) is 0 Å². The molecule has 1 atom stereocenters. The number of hydrogen-bond donors (Lipinski definition) is 2. The van der Waals surface area contributed by atoms with E-state index in [0.29, 0.717) is 12.1 Å². The van der Waals surface area contributed by atoms with Crippen LogP contribution in [0.15, 0.2) is 29.2 Å². The summed E-state index contributed by atoms with van der Waals surface area (Å²) in [6.07, 6.45) is 0. The van der Waals surface area contributed by atoms with E-state index in [2.05, 4.69) is 17.2 Å². The Morgan fingerprint density at radius 2 is 2.14 bits per heavy atom. The van der Waals surface area contributed by atoms with Gasteiger partial charge >= 0.3 is 0 Å². The van der Waals surface area contributed by atoms with Crippen LogP contribution in [0.2, 0.25) is 0 Å². The van der Waals surface area contributed by atoms with Gasteiger partial charge in [0.05, 0.1) is 11.4 Å². The molecule has 1 heterocycles. The van der Waals surface area contributed by atoms with Crippen LogP contribution in [-0.2, 0) is 14.8 Å². The lowest BCUT2D eigenvalue weighted by molar-refractivity contribution is -0.126. The van der Waals surface area contributed by atoms with Gasteiger partial charge in [0.25, 0.3) is 0 Å². The Hall–Kier alpha value is -1.88. The number of piperazine rings is 1. The van der Waals surface area contributed by atoms with Gasteiger partial charge in [0, 0.05) is 18.7 Å². The minimum absolute atomic E-state index is 0.104. The molecule has 0 bridgehead atoms. The maximum absolute atomic E-state index is 12.8. The van der Waals surface area contributed by atoms with Crippen molar-refractivity contribution in [2.75, 3.05) is 19.6 Å². The van der Waals surface area contributed by atoms with Gasteiger partial charge in [-0.1, -0.05) is 24.0 Å². The molecule has 3 N–H and O–H groups in total. The number of benzene rings is 1. The average molecular weight is 307 g/mol. The van der Waals surface area contributed by atoms with E-state index in [0.717, 1.165) is 0 Å². The number of carbonyl (C=O) groups is 1. The number of nitrogens with two attached hydrogens (primary N) is 1. The number of amides is 1. The molecule has 1 amide bonds. The summed E-state index contributed by atoms with van der Waals surface area (Å²) in [6, 6.07) is 5.74. The highest BCUT2D eigenvalue weighted by Crippen LogP contribution is 2.22. The zero-order valence-electron chi connectivity index (χ0n) is 11.7. The van der Waals surface area contributed by atoms with Crippen LogP contribution in [0.5, 0.6) is 0 Å². The summed E-state index contributed by atoms with van der Waals surface area (Å²) in [4.78, 5) is 11.8. The van der Waals surface area contributed by atoms with Gasteiger partial charge < -0.3 is 11.1 Å². The Bertz CT molecular complexity index is 704. The van der Waals surface area contributed by atoms with E-state index in [1.807, 2.05) is 0 Å². The number of nitrogens with zero attached hydrogens (tertiary/aromatic N) is 1. The first-order valence-electron chi connectivity index (χ1n) is 6.56. The highest BCUT2D eigenvalue weighted by Gasteiger charge is 2.36. The molecule has 1 fully saturated rings. The number of sulfonamides is 1. The fourth-order valence-electron chi connectivity index (χ4n) is 2.16. The average Bonchev–Trinajstić information content (AvgIpc) is 2.48. The standard InChI is InChI=1S/C14H17N3O3S/c1-11-14(18)16-9-10-17(11)21(19,20)13-7-3-2-5-12(13)6-4-8-15/h2-3,5,7,11H,8-10,15H2,1H3,(H,16,18). The summed E-state index contributed by atoms with van der Waals surface area (Å²) >= 11 is 0. The first-order chi connectivity index (χ1) is 9.98. The molecule has 0 radical (unpaired) electrons. The molecular weight excluding hydrogens is 290 g/mol. The fraction of sp³-hybridized carbons (Fsp3) is 0.357. The highest BCUT2D eigenvalue weighted by atomic mass is 32.2. The van der Waals surface area contributed by atoms with Crippen molar-refractivity contribution in [1.82, 2.24) is 9.62 Å². The second-order valence-electron chi connectivity index (χ2n) is 4.58. The molecule has 6 nitrogen and oxygen atoms in total. The quantitative estimate of drug-likeness (QED) is 0.721. The zero-order valence-corrected chi connectivity index (χ0v) is 12.5. The summed E-state index contributed by atoms with van der Waals surface area (Å²) in [6.45, 7) is 2.27. The maximum Gasteiger partial charge on any atom is 0.245 e. The van der Waals surface area contributed by atoms with Gasteiger partial charge in [0.15, 0.2) is 0 Å². The maximum atomic E-state index is 12.8. The highest BCUT2D eigenvalue weighted by molar-refractivity contribution is 7.89. The van der Waals surface area contributed by atoms with Crippen LogP contribution >= 0.6 is 0 Å². The van der Waals surface area contributed by atoms with Crippen LogP contribution < -0.4 is 11.1 Å². The van der Waals surface area contributed by atoms with Crippen LogP contribution in [0, 0.1) is 11.8 Å². The van der Waals surface area contributed by atoms with E-state index in [4.69, 9.17) is 5.73 Å². The van der Waals surface area contributed by atoms with Crippen molar-refractivity contribution in [3.8, 4) is 11.8 Å². The number of hydrogen-bond acceptors (Lipinski definition) is 4. The Kier molecular flexibility index (Phi) is 4.63. The topological polar surface area (TPSA) is 92.5 Å². The normalized spacial score (nSPS) is 19.5. The lowest BCUT2D eigenvalue weighted by atomic mass is 10.2. The molecule has 1 saturated heterocycles. The van der Waals surface area contributed by atoms with Crippen LogP contribution in [0.3, 0.4) is 0 Å².